The van der Waals surface area contributed by atoms with Crippen LogP contribution in [0.2, 0.25) is 0 Å². The fraction of sp³-hybridized carbons (Fsp3) is 0.476. The Balaban J connectivity index is 3.27. The van der Waals surface area contributed by atoms with Gasteiger partial charge >= 0.3 is 0 Å². The molecule has 0 aliphatic rings. The van der Waals surface area contributed by atoms with Crippen LogP contribution in [0.1, 0.15) is 60.0 Å². The number of nitrogens with zero attached hydrogens (tertiary/aromatic N) is 1. The van der Waals surface area contributed by atoms with Gasteiger partial charge in [0.2, 0.25) is 5.69 Å². The summed E-state index contributed by atoms with van der Waals surface area (Å²) in [5.41, 5.74) is 12.6. The minimum absolute atomic E-state index is 1.36. The standard InChI is InChI=1S/C21H30N/c1-11(2)12(3)21-20-16(7)14(5)13(4)15(6)19(20)17(8)18(9)22(21)10/h1-10H3/q+1. The van der Waals surface area contributed by atoms with Crippen molar-refractivity contribution < 1.29 is 4.57 Å². The highest BCUT2D eigenvalue weighted by molar-refractivity contribution is 5.99. The number of aryl methyl sites for hydroxylation is 3. The molecule has 118 valence electrons. The predicted molar refractivity (Wildman–Crippen MR) is 97.5 cm³/mol. The average molecular weight is 296 g/mol. The number of fused-ring (bicyclic) bond motifs is 1. The molecule has 2 rings (SSSR count). The van der Waals surface area contributed by atoms with Crippen LogP contribution in [0, 0.1) is 41.5 Å². The van der Waals surface area contributed by atoms with Crippen LogP contribution in [-0.2, 0) is 7.05 Å². The molecule has 1 aromatic heterocycles. The largest absolute Gasteiger partial charge is 0.216 e. The van der Waals surface area contributed by atoms with Crippen molar-refractivity contribution in [2.45, 2.75) is 62.3 Å². The summed E-state index contributed by atoms with van der Waals surface area (Å²) in [6, 6.07) is 0. The number of aromatic nitrogens is 1. The Morgan fingerprint density at radius 3 is 1.55 bits per heavy atom. The molecule has 0 bridgehead atoms. The van der Waals surface area contributed by atoms with Gasteiger partial charge in [-0.3, -0.25) is 0 Å². The summed E-state index contributed by atoms with van der Waals surface area (Å²) in [5.74, 6) is 0. The lowest BCUT2D eigenvalue weighted by Gasteiger charge is -2.19. The zero-order valence-electron chi connectivity index (χ0n) is 15.9. The zero-order chi connectivity index (χ0) is 16.9. The van der Waals surface area contributed by atoms with Crippen LogP contribution in [0.15, 0.2) is 5.57 Å². The number of rotatable bonds is 1. The first-order valence-electron chi connectivity index (χ1n) is 8.14. The lowest BCUT2D eigenvalue weighted by molar-refractivity contribution is -0.678. The Morgan fingerprint density at radius 1 is 0.636 bits per heavy atom. The minimum atomic E-state index is 1.36. The summed E-state index contributed by atoms with van der Waals surface area (Å²) in [5, 5.41) is 2.89. The summed E-state index contributed by atoms with van der Waals surface area (Å²) in [6.07, 6.45) is 0. The molecule has 0 saturated carbocycles. The van der Waals surface area contributed by atoms with E-state index in [1.165, 1.54) is 61.1 Å². The fourth-order valence-corrected chi connectivity index (χ4v) is 3.52. The SMILES string of the molecule is CC(C)=C(C)c1c2c(C)c(C)c(C)c(C)c2c(C)c(C)[n+]1C. The van der Waals surface area contributed by atoms with Crippen LogP contribution in [0.3, 0.4) is 0 Å². The van der Waals surface area contributed by atoms with Gasteiger partial charge in [-0.15, -0.1) is 0 Å². The highest BCUT2D eigenvalue weighted by atomic mass is 14.9. The van der Waals surface area contributed by atoms with Gasteiger partial charge in [0, 0.05) is 23.4 Å². The van der Waals surface area contributed by atoms with Crippen molar-refractivity contribution >= 4 is 16.3 Å². The van der Waals surface area contributed by atoms with Crippen LogP contribution in [0.4, 0.5) is 0 Å². The summed E-state index contributed by atoms with van der Waals surface area (Å²) < 4.78 is 2.38. The van der Waals surface area contributed by atoms with Crippen molar-refractivity contribution in [3.8, 4) is 0 Å². The van der Waals surface area contributed by atoms with Gasteiger partial charge in [0.15, 0.2) is 5.69 Å². The van der Waals surface area contributed by atoms with E-state index in [1.807, 2.05) is 0 Å². The van der Waals surface area contributed by atoms with Gasteiger partial charge in [-0.25, -0.2) is 0 Å². The normalized spacial score (nSPS) is 11.2. The highest BCUT2D eigenvalue weighted by Gasteiger charge is 2.25. The molecule has 0 N–H and O–H groups in total. The second-order valence-electron chi connectivity index (χ2n) is 6.99. The molecule has 0 unspecified atom stereocenters. The van der Waals surface area contributed by atoms with Gasteiger partial charge in [0.05, 0.1) is 5.39 Å². The quantitative estimate of drug-likeness (QED) is 0.626. The van der Waals surface area contributed by atoms with Crippen LogP contribution >= 0.6 is 0 Å². The second-order valence-corrected chi connectivity index (χ2v) is 6.99. The van der Waals surface area contributed by atoms with E-state index in [9.17, 15) is 0 Å². The van der Waals surface area contributed by atoms with E-state index in [4.69, 9.17) is 0 Å². The number of allylic oxidation sites excluding steroid dienone is 2. The molecule has 0 aliphatic heterocycles. The summed E-state index contributed by atoms with van der Waals surface area (Å²) in [7, 11) is 2.20. The third kappa shape index (κ3) is 2.18. The van der Waals surface area contributed by atoms with E-state index in [0.29, 0.717) is 0 Å². The maximum absolute atomic E-state index is 2.38. The first-order valence-corrected chi connectivity index (χ1v) is 8.14. The Kier molecular flexibility index (Phi) is 4.21. The monoisotopic (exact) mass is 296 g/mol. The van der Waals surface area contributed by atoms with Crippen molar-refractivity contribution in [3.63, 3.8) is 0 Å². The van der Waals surface area contributed by atoms with Gasteiger partial charge in [0.1, 0.15) is 7.05 Å². The van der Waals surface area contributed by atoms with Crippen molar-refractivity contribution in [3.05, 3.63) is 44.8 Å². The molecule has 0 aliphatic carbocycles. The van der Waals surface area contributed by atoms with Crippen molar-refractivity contribution in [1.82, 2.24) is 0 Å². The van der Waals surface area contributed by atoms with Gasteiger partial charge in [-0.1, -0.05) is 5.57 Å². The van der Waals surface area contributed by atoms with Gasteiger partial charge in [-0.05, 0) is 77.6 Å². The van der Waals surface area contributed by atoms with E-state index in [0.717, 1.165) is 0 Å². The summed E-state index contributed by atoms with van der Waals surface area (Å²) in [4.78, 5) is 0. The van der Waals surface area contributed by atoms with Crippen molar-refractivity contribution in [1.29, 1.82) is 0 Å². The third-order valence-electron chi connectivity index (χ3n) is 5.79. The van der Waals surface area contributed by atoms with Crippen LogP contribution in [-0.4, -0.2) is 0 Å². The van der Waals surface area contributed by atoms with Crippen LogP contribution in [0.25, 0.3) is 16.3 Å². The maximum atomic E-state index is 2.38. The first-order chi connectivity index (χ1) is 10.1. The number of hydrogen-bond acceptors (Lipinski definition) is 0. The Bertz CT molecular complexity index is 808. The molecule has 0 saturated heterocycles. The first kappa shape index (κ1) is 16.7. The lowest BCUT2D eigenvalue weighted by atomic mass is 9.86. The molecular formula is C21H30N+. The second kappa shape index (κ2) is 5.53. The van der Waals surface area contributed by atoms with Gasteiger partial charge < -0.3 is 0 Å². The smallest absolute Gasteiger partial charge is 0.198 e. The van der Waals surface area contributed by atoms with E-state index in [2.05, 4.69) is 73.9 Å². The van der Waals surface area contributed by atoms with E-state index >= 15 is 0 Å². The zero-order valence-corrected chi connectivity index (χ0v) is 15.9. The molecule has 0 amide bonds. The van der Waals surface area contributed by atoms with Crippen molar-refractivity contribution in [2.24, 2.45) is 7.05 Å². The molecule has 1 heteroatoms. The molecule has 0 fully saturated rings. The Labute approximate surface area is 135 Å². The summed E-state index contributed by atoms with van der Waals surface area (Å²) >= 11 is 0. The molecular weight excluding hydrogens is 266 g/mol. The molecule has 1 aromatic carbocycles. The minimum Gasteiger partial charge on any atom is -0.198 e. The molecule has 22 heavy (non-hydrogen) atoms. The molecule has 1 heterocycles. The number of benzene rings is 1. The highest BCUT2D eigenvalue weighted by Crippen LogP contribution is 2.35. The topological polar surface area (TPSA) is 3.88 Å². The van der Waals surface area contributed by atoms with E-state index in [-0.39, 0.29) is 0 Å². The van der Waals surface area contributed by atoms with Crippen LogP contribution < -0.4 is 4.57 Å². The van der Waals surface area contributed by atoms with E-state index < -0.39 is 0 Å². The van der Waals surface area contributed by atoms with Crippen LogP contribution in [0.5, 0.6) is 0 Å². The maximum Gasteiger partial charge on any atom is 0.216 e. The lowest BCUT2D eigenvalue weighted by Crippen LogP contribution is -2.38. The molecule has 0 atom stereocenters. The van der Waals surface area contributed by atoms with Crippen molar-refractivity contribution in [2.75, 3.05) is 0 Å². The molecule has 0 radical (unpaired) electrons. The summed E-state index contributed by atoms with van der Waals surface area (Å²) in [6.45, 7) is 20.2. The Morgan fingerprint density at radius 2 is 1.09 bits per heavy atom. The van der Waals surface area contributed by atoms with E-state index in [1.54, 1.807) is 0 Å². The number of pyridine rings is 1. The van der Waals surface area contributed by atoms with Gasteiger partial charge in [0.25, 0.3) is 0 Å². The molecule has 2 aromatic rings. The fourth-order valence-electron chi connectivity index (χ4n) is 3.52. The molecule has 1 nitrogen and oxygen atoms in total. The predicted octanol–water partition coefficient (Wildman–Crippen LogP) is 5.33. The van der Waals surface area contributed by atoms with Gasteiger partial charge in [-0.2, -0.15) is 4.57 Å². The third-order valence-corrected chi connectivity index (χ3v) is 5.79. The number of hydrogen-bond donors (Lipinski definition) is 0. The molecule has 0 spiro atoms. The Hall–Kier alpha value is -1.63. The average Bonchev–Trinajstić information content (AvgIpc) is 2.47.